The van der Waals surface area contributed by atoms with Crippen molar-refractivity contribution in [3.63, 3.8) is 0 Å². The van der Waals surface area contributed by atoms with Crippen molar-refractivity contribution in [1.29, 1.82) is 0 Å². The Hall–Kier alpha value is 0.320. The van der Waals surface area contributed by atoms with Gasteiger partial charge in [0.05, 0.1) is 12.2 Å². The van der Waals surface area contributed by atoms with Crippen LogP contribution in [0.25, 0.3) is 0 Å². The van der Waals surface area contributed by atoms with E-state index in [2.05, 4.69) is 17.5 Å². The van der Waals surface area contributed by atoms with Crippen molar-refractivity contribution in [2.24, 2.45) is 0 Å². The average molecular weight is 321 g/mol. The molecule has 0 aliphatic rings. The van der Waals surface area contributed by atoms with Crippen LogP contribution in [0.2, 0.25) is 0 Å². The van der Waals surface area contributed by atoms with E-state index < -0.39 is 0 Å². The van der Waals surface area contributed by atoms with Gasteiger partial charge in [-0.3, -0.25) is 0 Å². The zero-order valence-electron chi connectivity index (χ0n) is 11.6. The van der Waals surface area contributed by atoms with Crippen LogP contribution in [0.1, 0.15) is 31.1 Å². The monoisotopic (exact) mass is 320 g/mol. The van der Waals surface area contributed by atoms with E-state index in [1.165, 1.54) is 4.88 Å². The van der Waals surface area contributed by atoms with E-state index in [1.54, 1.807) is 0 Å². The molecule has 0 fully saturated rings. The Balaban J connectivity index is 2.33. The summed E-state index contributed by atoms with van der Waals surface area (Å²) in [5.41, 5.74) is 0. The van der Waals surface area contributed by atoms with Crippen molar-refractivity contribution in [3.8, 4) is 0 Å². The highest BCUT2D eigenvalue weighted by Crippen LogP contribution is 2.29. The molecule has 0 radical (unpaired) electrons. The van der Waals surface area contributed by atoms with Gasteiger partial charge >= 0.3 is 0 Å². The topological polar surface area (TPSA) is 40.5 Å². The van der Waals surface area contributed by atoms with E-state index in [9.17, 15) is 10.2 Å². The van der Waals surface area contributed by atoms with E-state index in [0.29, 0.717) is 5.92 Å². The summed E-state index contributed by atoms with van der Waals surface area (Å²) in [6.45, 7) is 3.67. The third-order valence-electron chi connectivity index (χ3n) is 2.59. The molecule has 0 bridgehead atoms. The fourth-order valence-electron chi connectivity index (χ4n) is 1.69. The molecular weight excluding hydrogens is 296 g/mol. The van der Waals surface area contributed by atoms with Crippen molar-refractivity contribution < 1.29 is 10.2 Å². The smallest absolute Gasteiger partial charge is 0.0602 e. The molecule has 5 heteroatoms. The summed E-state index contributed by atoms with van der Waals surface area (Å²) in [6.07, 6.45) is 0.707. The van der Waals surface area contributed by atoms with E-state index in [1.807, 2.05) is 48.7 Å². The third-order valence-corrected chi connectivity index (χ3v) is 6.23. The molecule has 0 saturated heterocycles. The van der Waals surface area contributed by atoms with Crippen LogP contribution in [-0.4, -0.2) is 45.4 Å². The molecule has 0 aromatic carbocycles. The molecule has 0 aliphatic heterocycles. The van der Waals surface area contributed by atoms with E-state index in [4.69, 9.17) is 0 Å². The first-order valence-corrected chi connectivity index (χ1v) is 9.83. The van der Waals surface area contributed by atoms with E-state index >= 15 is 0 Å². The maximum atomic E-state index is 9.32. The second kappa shape index (κ2) is 10.1. The standard InChI is InChI=1S/C14H24O2S3/c1-11(15)8-17-7-5-13(10-18-9-12(2)16)14-4-3-6-19-14/h3-4,6,11-13,15-16H,5,7-10H2,1-2H3. The van der Waals surface area contributed by atoms with Crippen molar-refractivity contribution in [3.05, 3.63) is 22.4 Å². The zero-order chi connectivity index (χ0) is 14.1. The lowest BCUT2D eigenvalue weighted by molar-refractivity contribution is 0.220. The minimum atomic E-state index is -0.224. The lowest BCUT2D eigenvalue weighted by Crippen LogP contribution is -2.09. The lowest BCUT2D eigenvalue weighted by Gasteiger charge is -2.16. The average Bonchev–Trinajstić information content (AvgIpc) is 2.85. The second-order valence-electron chi connectivity index (χ2n) is 4.81. The first-order chi connectivity index (χ1) is 9.09. The highest BCUT2D eigenvalue weighted by Gasteiger charge is 2.13. The Kier molecular flexibility index (Phi) is 9.24. The molecule has 0 amide bonds. The van der Waals surface area contributed by atoms with E-state index in [0.717, 1.165) is 29.4 Å². The highest BCUT2D eigenvalue weighted by molar-refractivity contribution is 7.99. The van der Waals surface area contributed by atoms with Crippen LogP contribution < -0.4 is 0 Å². The number of hydrogen-bond acceptors (Lipinski definition) is 5. The van der Waals surface area contributed by atoms with Gasteiger partial charge < -0.3 is 10.2 Å². The molecular formula is C14H24O2S3. The Labute approximate surface area is 129 Å². The van der Waals surface area contributed by atoms with Crippen LogP contribution in [0.4, 0.5) is 0 Å². The van der Waals surface area contributed by atoms with Gasteiger partial charge in [0, 0.05) is 28.1 Å². The first-order valence-electron chi connectivity index (χ1n) is 6.64. The van der Waals surface area contributed by atoms with Gasteiger partial charge in [-0.25, -0.2) is 0 Å². The molecule has 1 rings (SSSR count). The molecule has 110 valence electrons. The Bertz CT molecular complexity index is 313. The fourth-order valence-corrected chi connectivity index (χ4v) is 4.73. The summed E-state index contributed by atoms with van der Waals surface area (Å²) in [5, 5.41) is 20.7. The summed E-state index contributed by atoms with van der Waals surface area (Å²) in [6, 6.07) is 4.31. The normalized spacial score (nSPS) is 16.2. The predicted molar refractivity (Wildman–Crippen MR) is 89.7 cm³/mol. The van der Waals surface area contributed by atoms with Crippen LogP contribution >= 0.6 is 34.9 Å². The van der Waals surface area contributed by atoms with Crippen molar-refractivity contribution in [1.82, 2.24) is 0 Å². The maximum Gasteiger partial charge on any atom is 0.0602 e. The minimum absolute atomic E-state index is 0.213. The van der Waals surface area contributed by atoms with Crippen LogP contribution in [0.5, 0.6) is 0 Å². The summed E-state index contributed by atoms with van der Waals surface area (Å²) in [7, 11) is 0. The lowest BCUT2D eigenvalue weighted by atomic mass is 10.1. The minimum Gasteiger partial charge on any atom is -0.393 e. The summed E-state index contributed by atoms with van der Waals surface area (Å²) in [5.74, 6) is 4.36. The molecule has 2 N–H and O–H groups in total. The first kappa shape index (κ1) is 17.4. The molecule has 1 aromatic rings. The molecule has 19 heavy (non-hydrogen) atoms. The van der Waals surface area contributed by atoms with Crippen LogP contribution in [0, 0.1) is 0 Å². The third kappa shape index (κ3) is 8.25. The maximum absolute atomic E-state index is 9.32. The Morgan fingerprint density at radius 2 is 1.79 bits per heavy atom. The number of thioether (sulfide) groups is 2. The summed E-state index contributed by atoms with van der Waals surface area (Å²) >= 11 is 5.47. The van der Waals surface area contributed by atoms with Crippen molar-refractivity contribution in [2.75, 3.05) is 23.0 Å². The van der Waals surface area contributed by atoms with Crippen LogP contribution in [0.3, 0.4) is 0 Å². The Morgan fingerprint density at radius 1 is 1.11 bits per heavy atom. The van der Waals surface area contributed by atoms with Gasteiger partial charge in [-0.15, -0.1) is 11.3 Å². The predicted octanol–water partition coefficient (Wildman–Crippen LogP) is 3.45. The van der Waals surface area contributed by atoms with Gasteiger partial charge in [0.15, 0.2) is 0 Å². The molecule has 1 aromatic heterocycles. The van der Waals surface area contributed by atoms with Gasteiger partial charge in [-0.1, -0.05) is 6.07 Å². The molecule has 0 saturated carbocycles. The molecule has 0 aliphatic carbocycles. The van der Waals surface area contributed by atoms with Gasteiger partial charge in [-0.2, -0.15) is 23.5 Å². The molecule has 2 nitrogen and oxygen atoms in total. The molecule has 0 spiro atoms. The fraction of sp³-hybridized carbons (Fsp3) is 0.714. The van der Waals surface area contributed by atoms with Crippen molar-refractivity contribution in [2.45, 2.75) is 38.4 Å². The number of rotatable bonds is 10. The molecule has 1 heterocycles. The van der Waals surface area contributed by atoms with E-state index in [-0.39, 0.29) is 12.2 Å². The second-order valence-corrected chi connectivity index (χ2v) is 8.02. The van der Waals surface area contributed by atoms with Gasteiger partial charge in [0.25, 0.3) is 0 Å². The highest BCUT2D eigenvalue weighted by atomic mass is 32.2. The number of aliphatic hydroxyl groups excluding tert-OH is 2. The largest absolute Gasteiger partial charge is 0.393 e. The quantitative estimate of drug-likeness (QED) is 0.648. The molecule has 3 unspecified atom stereocenters. The number of aliphatic hydroxyl groups is 2. The van der Waals surface area contributed by atoms with Crippen LogP contribution in [-0.2, 0) is 0 Å². The van der Waals surface area contributed by atoms with Crippen LogP contribution in [0.15, 0.2) is 17.5 Å². The van der Waals surface area contributed by atoms with Gasteiger partial charge in [0.2, 0.25) is 0 Å². The number of hydrogen-bond donors (Lipinski definition) is 2. The summed E-state index contributed by atoms with van der Waals surface area (Å²) in [4.78, 5) is 1.44. The van der Waals surface area contributed by atoms with Gasteiger partial charge in [0.1, 0.15) is 0 Å². The van der Waals surface area contributed by atoms with Gasteiger partial charge in [-0.05, 0) is 37.5 Å². The molecule has 3 atom stereocenters. The Morgan fingerprint density at radius 3 is 2.37 bits per heavy atom. The van der Waals surface area contributed by atoms with Crippen molar-refractivity contribution >= 4 is 34.9 Å². The zero-order valence-corrected chi connectivity index (χ0v) is 14.1. The summed E-state index contributed by atoms with van der Waals surface area (Å²) < 4.78 is 0. The SMILES string of the molecule is CC(O)CSCCC(CSCC(C)O)c1cccs1. The number of thiophene rings is 1.